The van der Waals surface area contributed by atoms with Crippen LogP contribution in [0, 0.1) is 6.92 Å². The highest BCUT2D eigenvalue weighted by Gasteiger charge is 2.16. The summed E-state index contributed by atoms with van der Waals surface area (Å²) in [5.74, 6) is 0. The van der Waals surface area contributed by atoms with Gasteiger partial charge in [0.25, 0.3) is 0 Å². The van der Waals surface area contributed by atoms with Crippen molar-refractivity contribution in [2.75, 3.05) is 7.05 Å². The van der Waals surface area contributed by atoms with Crippen LogP contribution in [-0.2, 0) is 7.05 Å². The largest absolute Gasteiger partial charge is 0.308 e. The molecular weight excluding hydrogens is 246 g/mol. The minimum Gasteiger partial charge on any atom is -0.308 e. The van der Waals surface area contributed by atoms with Gasteiger partial charge in [-0.2, -0.15) is 5.10 Å². The van der Waals surface area contributed by atoms with E-state index in [4.69, 9.17) is 0 Å². The van der Waals surface area contributed by atoms with Crippen molar-refractivity contribution in [3.05, 3.63) is 65.5 Å². The third kappa shape index (κ3) is 2.21. The maximum atomic E-state index is 4.44. The Balaban J connectivity index is 2.09. The topological polar surface area (TPSA) is 29.9 Å². The van der Waals surface area contributed by atoms with Gasteiger partial charge >= 0.3 is 0 Å². The maximum Gasteiger partial charge on any atom is 0.0746 e. The van der Waals surface area contributed by atoms with E-state index in [1.807, 2.05) is 25.7 Å². The number of hydrogen-bond acceptors (Lipinski definition) is 2. The van der Waals surface area contributed by atoms with Gasteiger partial charge in [0.1, 0.15) is 0 Å². The van der Waals surface area contributed by atoms with Gasteiger partial charge in [-0.15, -0.1) is 0 Å². The molecule has 0 saturated carbocycles. The predicted octanol–water partition coefficient (Wildman–Crippen LogP) is 3.19. The van der Waals surface area contributed by atoms with E-state index in [-0.39, 0.29) is 6.04 Å². The number of nitrogens with zero attached hydrogens (tertiary/aromatic N) is 2. The summed E-state index contributed by atoms with van der Waals surface area (Å²) < 4.78 is 1.95. The van der Waals surface area contributed by atoms with Crippen molar-refractivity contribution >= 4 is 10.8 Å². The predicted molar refractivity (Wildman–Crippen MR) is 82.8 cm³/mol. The maximum absolute atomic E-state index is 4.44. The smallest absolute Gasteiger partial charge is 0.0746 e. The molecule has 0 spiro atoms. The van der Waals surface area contributed by atoms with Gasteiger partial charge in [-0.1, -0.05) is 36.4 Å². The van der Waals surface area contributed by atoms with Gasteiger partial charge in [0.15, 0.2) is 0 Å². The fraction of sp³-hybridized carbons (Fsp3) is 0.235. The Morgan fingerprint density at radius 3 is 2.45 bits per heavy atom. The van der Waals surface area contributed by atoms with E-state index in [0.717, 1.165) is 5.69 Å². The Labute approximate surface area is 119 Å². The first-order valence-electron chi connectivity index (χ1n) is 6.85. The summed E-state index contributed by atoms with van der Waals surface area (Å²) >= 11 is 0. The van der Waals surface area contributed by atoms with E-state index in [9.17, 15) is 0 Å². The van der Waals surface area contributed by atoms with Crippen LogP contribution < -0.4 is 5.32 Å². The minimum atomic E-state index is 0.158. The first kappa shape index (κ1) is 12.9. The lowest BCUT2D eigenvalue weighted by Crippen LogP contribution is -2.20. The third-order valence-corrected chi connectivity index (χ3v) is 3.73. The molecule has 1 unspecified atom stereocenters. The van der Waals surface area contributed by atoms with E-state index >= 15 is 0 Å². The van der Waals surface area contributed by atoms with E-state index < -0.39 is 0 Å². The lowest BCUT2D eigenvalue weighted by Gasteiger charge is -2.17. The molecule has 3 rings (SSSR count). The second-order valence-electron chi connectivity index (χ2n) is 5.16. The number of aryl methyl sites for hydroxylation is 2. The van der Waals surface area contributed by atoms with E-state index in [1.54, 1.807) is 0 Å². The van der Waals surface area contributed by atoms with Crippen molar-refractivity contribution < 1.29 is 0 Å². The van der Waals surface area contributed by atoms with Crippen LogP contribution in [0.4, 0.5) is 0 Å². The molecule has 0 bridgehead atoms. The first-order chi connectivity index (χ1) is 9.69. The van der Waals surface area contributed by atoms with Gasteiger partial charge in [-0.25, -0.2) is 0 Å². The van der Waals surface area contributed by atoms with E-state index in [2.05, 4.69) is 58.9 Å². The van der Waals surface area contributed by atoms with Crippen LogP contribution >= 0.6 is 0 Å². The van der Waals surface area contributed by atoms with E-state index in [1.165, 1.54) is 22.0 Å². The molecule has 1 heterocycles. The lowest BCUT2D eigenvalue weighted by molar-refractivity contribution is 0.605. The molecule has 1 N–H and O–H groups in total. The van der Waals surface area contributed by atoms with Gasteiger partial charge in [0.2, 0.25) is 0 Å². The van der Waals surface area contributed by atoms with Gasteiger partial charge in [0.05, 0.1) is 17.4 Å². The summed E-state index contributed by atoms with van der Waals surface area (Å²) in [5, 5.41) is 10.4. The zero-order valence-corrected chi connectivity index (χ0v) is 12.1. The molecule has 1 aromatic heterocycles. The zero-order chi connectivity index (χ0) is 14.1. The second-order valence-corrected chi connectivity index (χ2v) is 5.16. The van der Waals surface area contributed by atoms with Gasteiger partial charge in [-0.05, 0) is 42.4 Å². The number of nitrogens with one attached hydrogen (secondary N) is 1. The van der Waals surface area contributed by atoms with Gasteiger partial charge in [-0.3, -0.25) is 4.68 Å². The molecular formula is C17H19N3. The van der Waals surface area contributed by atoms with Crippen LogP contribution in [-0.4, -0.2) is 16.8 Å². The summed E-state index contributed by atoms with van der Waals surface area (Å²) in [7, 11) is 3.98. The number of rotatable bonds is 3. The van der Waals surface area contributed by atoms with Crippen molar-refractivity contribution in [1.29, 1.82) is 0 Å². The van der Waals surface area contributed by atoms with Crippen LogP contribution in [0.5, 0.6) is 0 Å². The Hall–Kier alpha value is -2.13. The Kier molecular flexibility index (Phi) is 3.28. The fourth-order valence-electron chi connectivity index (χ4n) is 2.77. The third-order valence-electron chi connectivity index (χ3n) is 3.73. The molecule has 102 valence electrons. The number of aromatic nitrogens is 2. The normalized spacial score (nSPS) is 12.8. The Bertz CT molecular complexity index is 743. The second kappa shape index (κ2) is 5.10. The molecule has 0 saturated heterocycles. The Morgan fingerprint density at radius 2 is 1.80 bits per heavy atom. The molecule has 0 amide bonds. The van der Waals surface area contributed by atoms with Crippen molar-refractivity contribution in [2.45, 2.75) is 13.0 Å². The SMILES string of the molecule is CNC(c1ccc2ccccc2c1)c1cc(C)nn1C. The number of fused-ring (bicyclic) bond motifs is 1. The molecule has 2 aromatic carbocycles. The summed E-state index contributed by atoms with van der Waals surface area (Å²) in [6.07, 6.45) is 0. The Morgan fingerprint density at radius 1 is 1.05 bits per heavy atom. The molecule has 3 heteroatoms. The zero-order valence-electron chi connectivity index (χ0n) is 12.1. The standard InChI is InChI=1S/C17H19N3/c1-12-10-16(20(3)19-12)17(18-2)15-9-8-13-6-4-5-7-14(13)11-15/h4-11,17-18H,1-3H3. The molecule has 0 aliphatic carbocycles. The number of hydrogen-bond donors (Lipinski definition) is 1. The summed E-state index contributed by atoms with van der Waals surface area (Å²) in [4.78, 5) is 0. The van der Waals surface area contributed by atoms with Crippen LogP contribution in [0.25, 0.3) is 10.8 Å². The molecule has 0 aliphatic rings. The van der Waals surface area contributed by atoms with Crippen LogP contribution in [0.1, 0.15) is 23.0 Å². The van der Waals surface area contributed by atoms with Crippen LogP contribution in [0.3, 0.4) is 0 Å². The lowest BCUT2D eigenvalue weighted by atomic mass is 9.99. The monoisotopic (exact) mass is 265 g/mol. The molecule has 0 radical (unpaired) electrons. The summed E-state index contributed by atoms with van der Waals surface area (Å²) in [5.41, 5.74) is 3.48. The van der Waals surface area contributed by atoms with Crippen molar-refractivity contribution in [3.63, 3.8) is 0 Å². The van der Waals surface area contributed by atoms with E-state index in [0.29, 0.717) is 0 Å². The molecule has 20 heavy (non-hydrogen) atoms. The highest BCUT2D eigenvalue weighted by atomic mass is 15.3. The summed E-state index contributed by atoms with van der Waals surface area (Å²) in [6.45, 7) is 2.02. The van der Waals surface area contributed by atoms with Crippen molar-refractivity contribution in [3.8, 4) is 0 Å². The van der Waals surface area contributed by atoms with Gasteiger partial charge < -0.3 is 5.32 Å². The molecule has 3 nitrogen and oxygen atoms in total. The van der Waals surface area contributed by atoms with Gasteiger partial charge in [0, 0.05) is 7.05 Å². The van der Waals surface area contributed by atoms with Crippen LogP contribution in [0.15, 0.2) is 48.5 Å². The minimum absolute atomic E-state index is 0.158. The average Bonchev–Trinajstić information content (AvgIpc) is 2.78. The van der Waals surface area contributed by atoms with Crippen molar-refractivity contribution in [2.24, 2.45) is 7.05 Å². The first-order valence-corrected chi connectivity index (χ1v) is 6.85. The molecule has 0 aliphatic heterocycles. The molecule has 0 fully saturated rings. The average molecular weight is 265 g/mol. The molecule has 3 aromatic rings. The fourth-order valence-corrected chi connectivity index (χ4v) is 2.77. The highest BCUT2D eigenvalue weighted by molar-refractivity contribution is 5.83. The number of benzene rings is 2. The highest BCUT2D eigenvalue weighted by Crippen LogP contribution is 2.25. The van der Waals surface area contributed by atoms with Crippen LogP contribution in [0.2, 0.25) is 0 Å². The summed E-state index contributed by atoms with van der Waals surface area (Å²) in [6, 6.07) is 17.4. The molecule has 1 atom stereocenters. The quantitative estimate of drug-likeness (QED) is 0.788. The van der Waals surface area contributed by atoms with Crippen molar-refractivity contribution in [1.82, 2.24) is 15.1 Å².